The predicted octanol–water partition coefficient (Wildman–Crippen LogP) is 3.86. The number of nitrogens with one attached hydrogen (secondary N) is 1. The number of furan rings is 1. The van der Waals surface area contributed by atoms with E-state index in [1.54, 1.807) is 0 Å². The number of piperidine rings is 1. The van der Waals surface area contributed by atoms with Crippen molar-refractivity contribution in [2.75, 3.05) is 26.2 Å². The van der Waals surface area contributed by atoms with Crippen molar-refractivity contribution in [3.8, 4) is 5.75 Å². The molecule has 1 aromatic carbocycles. The highest BCUT2D eigenvalue weighted by Crippen LogP contribution is 2.27. The summed E-state index contributed by atoms with van der Waals surface area (Å²) in [5, 5.41) is 3.02. The second-order valence-electron chi connectivity index (χ2n) is 7.54. The smallest absolute Gasteiger partial charge is 0.258 e. The molecule has 1 aliphatic rings. The van der Waals surface area contributed by atoms with Gasteiger partial charge in [-0.1, -0.05) is 25.1 Å². The molecule has 1 amide bonds. The Morgan fingerprint density at radius 3 is 2.63 bits per heavy atom. The van der Waals surface area contributed by atoms with Crippen LogP contribution in [0.15, 0.2) is 40.8 Å². The summed E-state index contributed by atoms with van der Waals surface area (Å²) in [6.45, 7) is 8.83. The first-order valence-corrected chi connectivity index (χ1v) is 9.78. The van der Waals surface area contributed by atoms with Crippen molar-refractivity contribution in [2.24, 2.45) is 5.92 Å². The molecule has 1 saturated heterocycles. The molecule has 0 spiro atoms. The Kier molecular flexibility index (Phi) is 6.56. The van der Waals surface area contributed by atoms with Gasteiger partial charge in [-0.15, -0.1) is 0 Å². The van der Waals surface area contributed by atoms with Crippen molar-refractivity contribution in [3.05, 3.63) is 53.5 Å². The van der Waals surface area contributed by atoms with Crippen LogP contribution in [0.2, 0.25) is 0 Å². The normalized spacial score (nSPS) is 16.9. The van der Waals surface area contributed by atoms with Crippen molar-refractivity contribution in [1.82, 2.24) is 10.2 Å². The maximum absolute atomic E-state index is 12.3. The minimum absolute atomic E-state index is 0.0196. The third-order valence-electron chi connectivity index (χ3n) is 5.29. The minimum Gasteiger partial charge on any atom is -0.484 e. The molecule has 5 heteroatoms. The third-order valence-corrected chi connectivity index (χ3v) is 5.29. The van der Waals surface area contributed by atoms with E-state index in [2.05, 4.69) is 17.1 Å². The van der Waals surface area contributed by atoms with Crippen LogP contribution in [0.4, 0.5) is 0 Å². The number of hydrogen-bond acceptors (Lipinski definition) is 4. The fourth-order valence-corrected chi connectivity index (χ4v) is 3.51. The molecular weight excluding hydrogens is 340 g/mol. The number of carbonyl (C=O) groups excluding carboxylic acids is 1. The average Bonchev–Trinajstić information content (AvgIpc) is 3.09. The molecule has 1 aliphatic heterocycles. The van der Waals surface area contributed by atoms with Gasteiger partial charge in [0.2, 0.25) is 0 Å². The molecule has 1 fully saturated rings. The summed E-state index contributed by atoms with van der Waals surface area (Å²) in [7, 11) is 0. The second-order valence-corrected chi connectivity index (χ2v) is 7.54. The quantitative estimate of drug-likeness (QED) is 0.804. The molecule has 2 aromatic rings. The van der Waals surface area contributed by atoms with E-state index in [0.29, 0.717) is 6.54 Å². The first kappa shape index (κ1) is 19.5. The van der Waals surface area contributed by atoms with Crippen LogP contribution in [0, 0.1) is 19.8 Å². The monoisotopic (exact) mass is 370 g/mol. The molecule has 1 aromatic heterocycles. The van der Waals surface area contributed by atoms with E-state index in [1.807, 2.05) is 50.2 Å². The van der Waals surface area contributed by atoms with Crippen molar-refractivity contribution in [3.63, 3.8) is 0 Å². The number of ether oxygens (including phenoxy) is 1. The molecule has 2 heterocycles. The topological polar surface area (TPSA) is 54.7 Å². The van der Waals surface area contributed by atoms with E-state index in [-0.39, 0.29) is 18.6 Å². The lowest BCUT2D eigenvalue weighted by Crippen LogP contribution is -2.42. The van der Waals surface area contributed by atoms with Gasteiger partial charge in [0.15, 0.2) is 6.61 Å². The highest BCUT2D eigenvalue weighted by atomic mass is 16.5. The summed E-state index contributed by atoms with van der Waals surface area (Å²) in [6, 6.07) is 11.8. The Morgan fingerprint density at radius 1 is 1.22 bits per heavy atom. The fraction of sp³-hybridized carbons (Fsp3) is 0.500. The summed E-state index contributed by atoms with van der Waals surface area (Å²) in [4.78, 5) is 14.7. The lowest BCUT2D eigenvalue weighted by atomic mass is 9.97. The lowest BCUT2D eigenvalue weighted by molar-refractivity contribution is -0.123. The van der Waals surface area contributed by atoms with Crippen LogP contribution in [-0.4, -0.2) is 37.0 Å². The number of nitrogens with zero attached hydrogens (tertiary/aromatic N) is 1. The maximum atomic E-state index is 12.3. The number of carbonyl (C=O) groups is 1. The molecule has 1 N–H and O–H groups in total. The van der Waals surface area contributed by atoms with Crippen molar-refractivity contribution in [1.29, 1.82) is 0 Å². The highest BCUT2D eigenvalue weighted by Gasteiger charge is 2.27. The Morgan fingerprint density at radius 2 is 1.96 bits per heavy atom. The van der Waals surface area contributed by atoms with Crippen molar-refractivity contribution < 1.29 is 13.9 Å². The number of aryl methyl sites for hydroxylation is 2. The Bertz CT molecular complexity index is 748. The number of para-hydroxylation sites is 1. The van der Waals surface area contributed by atoms with Gasteiger partial charge in [0.25, 0.3) is 5.91 Å². The van der Waals surface area contributed by atoms with Gasteiger partial charge in [0.05, 0.1) is 6.04 Å². The molecule has 5 nitrogen and oxygen atoms in total. The second kappa shape index (κ2) is 9.09. The van der Waals surface area contributed by atoms with Gasteiger partial charge in [-0.05, 0) is 69.5 Å². The SMILES string of the molecule is Cc1ccc([C@H](CNC(=O)COc2ccccc2C)N2CCC(C)CC2)o1. The molecule has 146 valence electrons. The van der Waals surface area contributed by atoms with Crippen molar-refractivity contribution in [2.45, 2.75) is 39.7 Å². The zero-order valence-electron chi connectivity index (χ0n) is 16.5. The lowest BCUT2D eigenvalue weighted by Gasteiger charge is -2.35. The number of rotatable bonds is 7. The van der Waals surface area contributed by atoms with Gasteiger partial charge in [-0.3, -0.25) is 9.69 Å². The third kappa shape index (κ3) is 5.36. The Balaban J connectivity index is 1.57. The van der Waals surface area contributed by atoms with Crippen LogP contribution in [0.3, 0.4) is 0 Å². The summed E-state index contributed by atoms with van der Waals surface area (Å²) < 4.78 is 11.5. The van der Waals surface area contributed by atoms with Gasteiger partial charge in [0, 0.05) is 6.54 Å². The number of amides is 1. The first-order valence-electron chi connectivity index (χ1n) is 9.78. The van der Waals surface area contributed by atoms with Crippen LogP contribution in [0.1, 0.15) is 42.9 Å². The van der Waals surface area contributed by atoms with Crippen LogP contribution in [0.25, 0.3) is 0 Å². The van der Waals surface area contributed by atoms with Crippen LogP contribution in [0.5, 0.6) is 5.75 Å². The van der Waals surface area contributed by atoms with E-state index in [1.165, 1.54) is 12.8 Å². The van der Waals surface area contributed by atoms with E-state index < -0.39 is 0 Å². The molecule has 0 radical (unpaired) electrons. The summed E-state index contributed by atoms with van der Waals surface area (Å²) in [5.74, 6) is 3.21. The first-order chi connectivity index (χ1) is 13.0. The number of benzene rings is 1. The van der Waals surface area contributed by atoms with E-state index >= 15 is 0 Å². The van der Waals surface area contributed by atoms with Gasteiger partial charge >= 0.3 is 0 Å². The molecule has 3 rings (SSSR count). The minimum atomic E-state index is -0.114. The largest absolute Gasteiger partial charge is 0.484 e. The van der Waals surface area contributed by atoms with Crippen molar-refractivity contribution >= 4 is 5.91 Å². The van der Waals surface area contributed by atoms with Gasteiger partial charge in [-0.2, -0.15) is 0 Å². The Labute approximate surface area is 161 Å². The number of likely N-dealkylation sites (tertiary alicyclic amines) is 1. The molecule has 0 aliphatic carbocycles. The molecular formula is C22H30N2O3. The van der Waals surface area contributed by atoms with Crippen LogP contribution >= 0.6 is 0 Å². The van der Waals surface area contributed by atoms with Crippen LogP contribution in [-0.2, 0) is 4.79 Å². The fourth-order valence-electron chi connectivity index (χ4n) is 3.51. The van der Waals surface area contributed by atoms with E-state index in [4.69, 9.17) is 9.15 Å². The summed E-state index contributed by atoms with van der Waals surface area (Å²) >= 11 is 0. The molecule has 0 bridgehead atoms. The summed E-state index contributed by atoms with van der Waals surface area (Å²) in [6.07, 6.45) is 2.36. The average molecular weight is 370 g/mol. The van der Waals surface area contributed by atoms with Gasteiger partial charge in [-0.25, -0.2) is 0 Å². The van der Waals surface area contributed by atoms with E-state index in [0.717, 1.165) is 41.8 Å². The van der Waals surface area contributed by atoms with E-state index in [9.17, 15) is 4.79 Å². The zero-order chi connectivity index (χ0) is 19.2. The molecule has 27 heavy (non-hydrogen) atoms. The van der Waals surface area contributed by atoms with Crippen LogP contribution < -0.4 is 10.1 Å². The van der Waals surface area contributed by atoms with Gasteiger partial charge < -0.3 is 14.5 Å². The maximum Gasteiger partial charge on any atom is 0.258 e. The predicted molar refractivity (Wildman–Crippen MR) is 106 cm³/mol. The standard InChI is InChI=1S/C22H30N2O3/c1-16-10-12-24(13-11-16)19(21-9-8-18(3)27-21)14-23-22(25)15-26-20-7-5-4-6-17(20)2/h4-9,16,19H,10-15H2,1-3H3,(H,23,25)/t19-/m0/s1. The highest BCUT2D eigenvalue weighted by molar-refractivity contribution is 5.77. The number of hydrogen-bond donors (Lipinski definition) is 1. The summed E-state index contributed by atoms with van der Waals surface area (Å²) in [5.41, 5.74) is 1.02. The Hall–Kier alpha value is -2.27. The molecule has 0 saturated carbocycles. The van der Waals surface area contributed by atoms with Gasteiger partial charge in [0.1, 0.15) is 17.3 Å². The zero-order valence-corrected chi connectivity index (χ0v) is 16.5. The molecule has 0 unspecified atom stereocenters. The molecule has 1 atom stereocenters.